The maximum absolute atomic E-state index is 12.4. The van der Waals surface area contributed by atoms with Crippen molar-refractivity contribution in [2.24, 2.45) is 4.99 Å². The van der Waals surface area contributed by atoms with E-state index in [2.05, 4.69) is 14.8 Å². The number of aliphatic imine (C=N–C) groups is 1. The van der Waals surface area contributed by atoms with E-state index in [0.29, 0.717) is 5.01 Å². The Morgan fingerprint density at radius 1 is 1.04 bits per heavy atom. The van der Waals surface area contributed by atoms with Crippen molar-refractivity contribution in [3.8, 4) is 0 Å². The first-order valence-electron chi connectivity index (χ1n) is 6.86. The van der Waals surface area contributed by atoms with Crippen LogP contribution in [0, 0.1) is 6.92 Å². The first-order chi connectivity index (χ1) is 11.4. The van der Waals surface area contributed by atoms with Crippen LogP contribution >= 0.6 is 0 Å². The number of nitrogens with zero attached hydrogens (tertiary/aromatic N) is 3. The molecule has 0 atom stereocenters. The number of benzene rings is 1. The highest BCUT2D eigenvalue weighted by Gasteiger charge is 2.37. The molecule has 1 N–H and O–H groups in total. The number of hydrazine groups is 1. The summed E-state index contributed by atoms with van der Waals surface area (Å²) in [6.45, 7) is 1.82. The fourth-order valence-corrected chi connectivity index (χ4v) is 3.04. The molecule has 0 radical (unpaired) electrons. The van der Waals surface area contributed by atoms with Gasteiger partial charge in [0.1, 0.15) is 5.69 Å². The number of hydrogen-bond donors (Lipinski definition) is 1. The average Bonchev–Trinajstić information content (AvgIpc) is 2.84. The van der Waals surface area contributed by atoms with Crippen LogP contribution in [0.1, 0.15) is 11.3 Å². The second-order valence-electron chi connectivity index (χ2n) is 5.00. The van der Waals surface area contributed by atoms with Crippen molar-refractivity contribution >= 4 is 27.7 Å². The molecule has 0 unspecified atom stereocenters. The number of amides is 2. The summed E-state index contributed by atoms with van der Waals surface area (Å²) in [5.74, 6) is -2.32. The lowest BCUT2D eigenvalue weighted by Gasteiger charge is -2.18. The molecule has 122 valence electrons. The molecule has 0 saturated heterocycles. The molecule has 0 spiro atoms. The SMILES string of the molecule is Cc1ccc(S(=O)(=O)NN2C(=O)C(=O)N=C2c2ccccn2)cc1. The minimum Gasteiger partial charge on any atom is -0.261 e. The van der Waals surface area contributed by atoms with Gasteiger partial charge in [-0.2, -0.15) is 4.99 Å². The van der Waals surface area contributed by atoms with Gasteiger partial charge >= 0.3 is 11.8 Å². The van der Waals surface area contributed by atoms with E-state index in [0.717, 1.165) is 5.56 Å². The normalized spacial score (nSPS) is 14.9. The van der Waals surface area contributed by atoms with E-state index in [-0.39, 0.29) is 16.4 Å². The second kappa shape index (κ2) is 5.95. The van der Waals surface area contributed by atoms with Gasteiger partial charge < -0.3 is 0 Å². The second-order valence-corrected chi connectivity index (χ2v) is 6.66. The molecule has 3 rings (SSSR count). The minimum absolute atomic E-state index is 0.0411. The number of carbonyl (C=O) groups is 2. The van der Waals surface area contributed by atoms with Crippen LogP contribution in [0.3, 0.4) is 0 Å². The predicted molar refractivity (Wildman–Crippen MR) is 84.1 cm³/mol. The molecule has 1 aliphatic heterocycles. The maximum Gasteiger partial charge on any atom is 0.339 e. The van der Waals surface area contributed by atoms with E-state index in [4.69, 9.17) is 0 Å². The number of amidine groups is 1. The third-order valence-corrected chi connectivity index (χ3v) is 4.56. The van der Waals surface area contributed by atoms with Gasteiger partial charge in [0.05, 0.1) is 4.90 Å². The summed E-state index contributed by atoms with van der Waals surface area (Å²) in [5.41, 5.74) is 1.08. The first-order valence-corrected chi connectivity index (χ1v) is 8.34. The van der Waals surface area contributed by atoms with Crippen LogP contribution in [0.4, 0.5) is 0 Å². The van der Waals surface area contributed by atoms with Gasteiger partial charge in [0.15, 0.2) is 5.84 Å². The molecule has 8 nitrogen and oxygen atoms in total. The molecule has 1 aromatic carbocycles. The highest BCUT2D eigenvalue weighted by Crippen LogP contribution is 2.14. The van der Waals surface area contributed by atoms with Crippen molar-refractivity contribution in [1.29, 1.82) is 0 Å². The zero-order valence-electron chi connectivity index (χ0n) is 12.5. The Morgan fingerprint density at radius 2 is 1.75 bits per heavy atom. The number of carbonyl (C=O) groups excluding carboxylic acids is 2. The van der Waals surface area contributed by atoms with Crippen LogP contribution in [-0.4, -0.2) is 36.1 Å². The highest BCUT2D eigenvalue weighted by atomic mass is 32.2. The van der Waals surface area contributed by atoms with Crippen molar-refractivity contribution in [1.82, 2.24) is 14.8 Å². The molecule has 1 aromatic heterocycles. The smallest absolute Gasteiger partial charge is 0.261 e. The lowest BCUT2D eigenvalue weighted by Crippen LogP contribution is -2.48. The van der Waals surface area contributed by atoms with Crippen molar-refractivity contribution in [3.05, 3.63) is 59.9 Å². The number of aryl methyl sites for hydroxylation is 1. The molecule has 2 aromatic rings. The Balaban J connectivity index is 1.95. The fourth-order valence-electron chi connectivity index (χ4n) is 2.03. The van der Waals surface area contributed by atoms with E-state index >= 15 is 0 Å². The first kappa shape index (κ1) is 16.0. The molecule has 24 heavy (non-hydrogen) atoms. The summed E-state index contributed by atoms with van der Waals surface area (Å²) >= 11 is 0. The summed E-state index contributed by atoms with van der Waals surface area (Å²) in [5, 5.41) is 0.597. The van der Waals surface area contributed by atoms with Gasteiger partial charge in [-0.15, -0.1) is 4.83 Å². The maximum atomic E-state index is 12.4. The number of sulfonamides is 1. The number of nitrogens with one attached hydrogen (secondary N) is 1. The van der Waals surface area contributed by atoms with Crippen molar-refractivity contribution < 1.29 is 18.0 Å². The van der Waals surface area contributed by atoms with Gasteiger partial charge in [-0.25, -0.2) is 13.4 Å². The topological polar surface area (TPSA) is 109 Å². The number of aromatic nitrogens is 1. The molecular weight excluding hydrogens is 332 g/mol. The molecule has 0 bridgehead atoms. The zero-order valence-corrected chi connectivity index (χ0v) is 13.3. The van der Waals surface area contributed by atoms with Gasteiger partial charge in [-0.05, 0) is 31.2 Å². The monoisotopic (exact) mass is 344 g/mol. The molecule has 0 aliphatic carbocycles. The summed E-state index contributed by atoms with van der Waals surface area (Å²) in [6.07, 6.45) is 1.44. The minimum atomic E-state index is -4.06. The summed E-state index contributed by atoms with van der Waals surface area (Å²) < 4.78 is 24.9. The fraction of sp³-hybridized carbons (Fsp3) is 0.0667. The Labute approximate surface area is 137 Å². The highest BCUT2D eigenvalue weighted by molar-refractivity contribution is 7.89. The predicted octanol–water partition coefficient (Wildman–Crippen LogP) is 0.399. The molecule has 0 saturated carbocycles. The van der Waals surface area contributed by atoms with Crippen LogP contribution in [0.5, 0.6) is 0 Å². The van der Waals surface area contributed by atoms with E-state index in [9.17, 15) is 18.0 Å². The summed E-state index contributed by atoms with van der Waals surface area (Å²) in [7, 11) is -4.06. The van der Waals surface area contributed by atoms with Crippen molar-refractivity contribution in [3.63, 3.8) is 0 Å². The van der Waals surface area contributed by atoms with Crippen LogP contribution in [-0.2, 0) is 19.6 Å². The number of pyridine rings is 1. The quantitative estimate of drug-likeness (QED) is 0.808. The van der Waals surface area contributed by atoms with E-state index in [1.54, 1.807) is 24.3 Å². The molecular formula is C15H12N4O4S. The Kier molecular flexibility index (Phi) is 3.96. The molecule has 0 fully saturated rings. The van der Waals surface area contributed by atoms with Gasteiger partial charge in [0, 0.05) is 6.20 Å². The Morgan fingerprint density at radius 3 is 2.38 bits per heavy atom. The standard InChI is InChI=1S/C15H12N4O4S/c1-10-5-7-11(8-6-10)24(22,23)18-19-13(17-14(20)15(19)21)12-4-2-3-9-16-12/h2-9,18H,1H3. The van der Waals surface area contributed by atoms with Gasteiger partial charge in [0.2, 0.25) is 0 Å². The van der Waals surface area contributed by atoms with E-state index in [1.807, 2.05) is 6.92 Å². The van der Waals surface area contributed by atoms with Crippen molar-refractivity contribution in [2.45, 2.75) is 11.8 Å². The van der Waals surface area contributed by atoms with Crippen LogP contribution in [0.15, 0.2) is 58.5 Å². The largest absolute Gasteiger partial charge is 0.339 e. The lowest BCUT2D eigenvalue weighted by molar-refractivity contribution is -0.140. The molecule has 1 aliphatic rings. The van der Waals surface area contributed by atoms with Crippen LogP contribution < -0.4 is 4.83 Å². The van der Waals surface area contributed by atoms with Crippen molar-refractivity contribution in [2.75, 3.05) is 0 Å². The Bertz CT molecular complexity index is 937. The number of rotatable bonds is 4. The van der Waals surface area contributed by atoms with Gasteiger partial charge in [0.25, 0.3) is 10.0 Å². The van der Waals surface area contributed by atoms with E-state index < -0.39 is 21.8 Å². The average molecular weight is 344 g/mol. The molecule has 2 heterocycles. The summed E-state index contributed by atoms with van der Waals surface area (Å²) in [4.78, 5) is 33.2. The molecule has 9 heteroatoms. The third-order valence-electron chi connectivity index (χ3n) is 3.24. The summed E-state index contributed by atoms with van der Waals surface area (Å²) in [6, 6.07) is 10.8. The Hall–Kier alpha value is -2.91. The lowest BCUT2D eigenvalue weighted by atomic mass is 10.2. The number of hydrogen-bond acceptors (Lipinski definition) is 5. The van der Waals surface area contributed by atoms with Gasteiger partial charge in [-0.3, -0.25) is 14.6 Å². The third kappa shape index (κ3) is 2.94. The van der Waals surface area contributed by atoms with Crippen LogP contribution in [0.2, 0.25) is 0 Å². The van der Waals surface area contributed by atoms with Crippen LogP contribution in [0.25, 0.3) is 0 Å². The van der Waals surface area contributed by atoms with E-state index in [1.165, 1.54) is 24.4 Å². The zero-order chi connectivity index (χ0) is 17.3. The van der Waals surface area contributed by atoms with Gasteiger partial charge in [-0.1, -0.05) is 23.8 Å². The molecule has 2 amide bonds.